The molecular formula is C16H21N3O3. The van der Waals surface area contributed by atoms with Crippen LogP contribution in [0.3, 0.4) is 0 Å². The van der Waals surface area contributed by atoms with Crippen LogP contribution in [0.15, 0.2) is 18.3 Å². The Hall–Kier alpha value is -2.11. The zero-order valence-electron chi connectivity index (χ0n) is 12.5. The molecule has 2 heterocycles. The number of hydrogen-bond acceptors (Lipinski definition) is 4. The van der Waals surface area contributed by atoms with E-state index in [1.165, 1.54) is 0 Å². The summed E-state index contributed by atoms with van der Waals surface area (Å²) in [7, 11) is 0. The zero-order valence-corrected chi connectivity index (χ0v) is 12.5. The molecule has 0 spiro atoms. The third kappa shape index (κ3) is 3.21. The summed E-state index contributed by atoms with van der Waals surface area (Å²) in [6, 6.07) is 4.09. The zero-order chi connectivity index (χ0) is 15.5. The lowest BCUT2D eigenvalue weighted by atomic mass is 9.86. The van der Waals surface area contributed by atoms with E-state index in [2.05, 4.69) is 10.3 Å². The fourth-order valence-electron chi connectivity index (χ4n) is 3.25. The molecule has 0 atom stereocenters. The van der Waals surface area contributed by atoms with Crippen LogP contribution in [0.4, 0.5) is 11.5 Å². The molecule has 22 heavy (non-hydrogen) atoms. The van der Waals surface area contributed by atoms with Gasteiger partial charge in [-0.3, -0.25) is 9.59 Å². The summed E-state index contributed by atoms with van der Waals surface area (Å²) in [5.41, 5.74) is 0.850. The molecule has 6 heteroatoms. The highest BCUT2D eigenvalue weighted by Crippen LogP contribution is 2.27. The Morgan fingerprint density at radius 2 is 2.05 bits per heavy atom. The van der Waals surface area contributed by atoms with Crippen LogP contribution in [0.5, 0.6) is 0 Å². The summed E-state index contributed by atoms with van der Waals surface area (Å²) >= 11 is 0. The lowest BCUT2D eigenvalue weighted by Gasteiger charge is -2.27. The van der Waals surface area contributed by atoms with Gasteiger partial charge in [0.15, 0.2) is 0 Å². The molecule has 118 valence electrons. The van der Waals surface area contributed by atoms with Gasteiger partial charge in [0.2, 0.25) is 5.91 Å². The summed E-state index contributed by atoms with van der Waals surface area (Å²) < 4.78 is 0. The number of anilines is 2. The topological polar surface area (TPSA) is 82.5 Å². The first-order chi connectivity index (χ1) is 10.6. The van der Waals surface area contributed by atoms with Crippen molar-refractivity contribution in [2.45, 2.75) is 44.6 Å². The third-order valence-electron chi connectivity index (χ3n) is 4.56. The van der Waals surface area contributed by atoms with E-state index in [0.717, 1.165) is 37.3 Å². The second-order valence-electron chi connectivity index (χ2n) is 6.08. The van der Waals surface area contributed by atoms with Gasteiger partial charge in [0, 0.05) is 19.0 Å². The van der Waals surface area contributed by atoms with E-state index in [0.29, 0.717) is 19.3 Å². The van der Waals surface area contributed by atoms with Crippen molar-refractivity contribution in [1.29, 1.82) is 0 Å². The molecule has 1 amide bonds. The molecule has 1 aromatic heterocycles. The second-order valence-corrected chi connectivity index (χ2v) is 6.08. The van der Waals surface area contributed by atoms with Crippen LogP contribution < -0.4 is 10.2 Å². The number of nitrogens with zero attached hydrogens (tertiary/aromatic N) is 2. The number of nitrogens with one attached hydrogen (secondary N) is 1. The highest BCUT2D eigenvalue weighted by atomic mass is 16.4. The highest BCUT2D eigenvalue weighted by Gasteiger charge is 2.26. The maximum atomic E-state index is 11.7. The summed E-state index contributed by atoms with van der Waals surface area (Å²) in [6.07, 6.45) is 6.39. The van der Waals surface area contributed by atoms with E-state index < -0.39 is 5.97 Å². The van der Waals surface area contributed by atoms with Crippen molar-refractivity contribution in [3.8, 4) is 0 Å². The molecule has 0 radical (unpaired) electrons. The summed E-state index contributed by atoms with van der Waals surface area (Å²) in [5, 5.41) is 12.4. The number of rotatable bonds is 4. The summed E-state index contributed by atoms with van der Waals surface area (Å²) in [4.78, 5) is 28.8. The van der Waals surface area contributed by atoms with Crippen molar-refractivity contribution in [1.82, 2.24) is 4.98 Å². The quantitative estimate of drug-likeness (QED) is 0.891. The molecule has 0 aromatic carbocycles. The molecule has 3 rings (SSSR count). The monoisotopic (exact) mass is 303 g/mol. The maximum absolute atomic E-state index is 11.7. The average Bonchev–Trinajstić information content (AvgIpc) is 2.95. The lowest BCUT2D eigenvalue weighted by Crippen LogP contribution is -2.29. The number of carboxylic acid groups (broad SMARTS) is 1. The standard InChI is InChI=1S/C16H21N3O3/c20-15-2-1-9-19(15)13-7-8-14(17-10-13)18-12-5-3-11(4-6-12)16(21)22/h7-8,10-12H,1-6,9H2,(H,17,18)(H,21,22). The smallest absolute Gasteiger partial charge is 0.306 e. The molecule has 1 saturated heterocycles. The molecule has 1 aromatic rings. The number of carbonyl (C=O) groups excluding carboxylic acids is 1. The minimum absolute atomic E-state index is 0.162. The Morgan fingerprint density at radius 3 is 2.59 bits per heavy atom. The molecular weight excluding hydrogens is 282 g/mol. The number of aliphatic carboxylic acids is 1. The Labute approximate surface area is 129 Å². The number of aromatic nitrogens is 1. The molecule has 2 aliphatic rings. The number of hydrogen-bond donors (Lipinski definition) is 2. The summed E-state index contributed by atoms with van der Waals surface area (Å²) in [5.74, 6) is 0.0643. The van der Waals surface area contributed by atoms with Crippen LogP contribution in [0.1, 0.15) is 38.5 Å². The van der Waals surface area contributed by atoms with E-state index in [1.54, 1.807) is 11.1 Å². The Morgan fingerprint density at radius 1 is 1.27 bits per heavy atom. The van der Waals surface area contributed by atoms with Gasteiger partial charge < -0.3 is 15.3 Å². The van der Waals surface area contributed by atoms with Crippen LogP contribution in [0, 0.1) is 5.92 Å². The molecule has 0 bridgehead atoms. The van der Waals surface area contributed by atoms with E-state index >= 15 is 0 Å². The van der Waals surface area contributed by atoms with E-state index in [-0.39, 0.29) is 17.9 Å². The van der Waals surface area contributed by atoms with Crippen molar-refractivity contribution in [2.75, 3.05) is 16.8 Å². The highest BCUT2D eigenvalue weighted by molar-refractivity contribution is 5.95. The maximum Gasteiger partial charge on any atom is 0.306 e. The van der Waals surface area contributed by atoms with Crippen LogP contribution in [-0.4, -0.2) is 34.6 Å². The minimum atomic E-state index is -0.684. The van der Waals surface area contributed by atoms with Gasteiger partial charge in [0.05, 0.1) is 17.8 Å². The van der Waals surface area contributed by atoms with Crippen molar-refractivity contribution in [3.05, 3.63) is 18.3 Å². The predicted octanol–water partition coefficient (Wildman–Crippen LogP) is 2.26. The first-order valence-corrected chi connectivity index (χ1v) is 7.89. The number of carboxylic acids is 1. The van der Waals surface area contributed by atoms with Gasteiger partial charge in [0.1, 0.15) is 5.82 Å². The van der Waals surface area contributed by atoms with Crippen LogP contribution >= 0.6 is 0 Å². The van der Waals surface area contributed by atoms with Crippen molar-refractivity contribution in [2.24, 2.45) is 5.92 Å². The van der Waals surface area contributed by atoms with Crippen LogP contribution in [0.25, 0.3) is 0 Å². The van der Waals surface area contributed by atoms with Gasteiger partial charge in [-0.25, -0.2) is 4.98 Å². The fourth-order valence-corrected chi connectivity index (χ4v) is 3.25. The molecule has 2 N–H and O–H groups in total. The number of carbonyl (C=O) groups is 2. The van der Waals surface area contributed by atoms with Crippen molar-refractivity contribution in [3.63, 3.8) is 0 Å². The normalized spacial score (nSPS) is 25.3. The molecule has 1 saturated carbocycles. The second kappa shape index (κ2) is 6.34. The summed E-state index contributed by atoms with van der Waals surface area (Å²) in [6.45, 7) is 0.770. The van der Waals surface area contributed by atoms with E-state index in [1.807, 2.05) is 12.1 Å². The Bertz CT molecular complexity index is 550. The fraction of sp³-hybridized carbons (Fsp3) is 0.562. The molecule has 6 nitrogen and oxygen atoms in total. The Kier molecular flexibility index (Phi) is 4.27. The van der Waals surface area contributed by atoms with Gasteiger partial charge in [0.25, 0.3) is 0 Å². The van der Waals surface area contributed by atoms with Crippen molar-refractivity contribution < 1.29 is 14.7 Å². The van der Waals surface area contributed by atoms with Crippen LogP contribution in [-0.2, 0) is 9.59 Å². The van der Waals surface area contributed by atoms with Crippen LogP contribution in [0.2, 0.25) is 0 Å². The Balaban J connectivity index is 1.55. The van der Waals surface area contributed by atoms with Gasteiger partial charge in [-0.1, -0.05) is 0 Å². The number of pyridine rings is 1. The molecule has 1 aliphatic carbocycles. The molecule has 2 fully saturated rings. The SMILES string of the molecule is O=C(O)C1CCC(Nc2ccc(N3CCCC3=O)cn2)CC1. The minimum Gasteiger partial charge on any atom is -0.481 e. The average molecular weight is 303 g/mol. The van der Waals surface area contributed by atoms with E-state index in [9.17, 15) is 9.59 Å². The lowest BCUT2D eigenvalue weighted by molar-refractivity contribution is -0.142. The van der Waals surface area contributed by atoms with Gasteiger partial charge >= 0.3 is 5.97 Å². The largest absolute Gasteiger partial charge is 0.481 e. The molecule has 1 aliphatic heterocycles. The first-order valence-electron chi connectivity index (χ1n) is 7.89. The van der Waals surface area contributed by atoms with E-state index in [4.69, 9.17) is 5.11 Å². The first kappa shape index (κ1) is 14.8. The van der Waals surface area contributed by atoms with Crippen molar-refractivity contribution >= 4 is 23.4 Å². The molecule has 0 unspecified atom stereocenters. The number of amides is 1. The van der Waals surface area contributed by atoms with Gasteiger partial charge in [-0.2, -0.15) is 0 Å². The van der Waals surface area contributed by atoms with Gasteiger partial charge in [-0.15, -0.1) is 0 Å². The predicted molar refractivity (Wildman–Crippen MR) is 82.8 cm³/mol. The van der Waals surface area contributed by atoms with Gasteiger partial charge in [-0.05, 0) is 44.2 Å². The third-order valence-corrected chi connectivity index (χ3v) is 4.56.